The number of benzene rings is 1. The molecule has 0 amide bonds. The van der Waals surface area contributed by atoms with Crippen molar-refractivity contribution in [2.45, 2.75) is 45.7 Å². The van der Waals surface area contributed by atoms with Crippen LogP contribution < -0.4 is 5.32 Å². The van der Waals surface area contributed by atoms with Gasteiger partial charge in [0.25, 0.3) is 6.43 Å². The van der Waals surface area contributed by atoms with Gasteiger partial charge in [-0.2, -0.15) is 5.10 Å². The van der Waals surface area contributed by atoms with Crippen molar-refractivity contribution in [3.8, 4) is 0 Å². The SMILES string of the molecule is Cc1cc2n(n1)[C@@H](C(F)F)C[C@H](c1ccc(C)c(C)c1)N2. The Morgan fingerprint density at radius 1 is 1.19 bits per heavy atom. The lowest BCUT2D eigenvalue weighted by Crippen LogP contribution is -2.30. The van der Waals surface area contributed by atoms with Crippen molar-refractivity contribution in [3.63, 3.8) is 0 Å². The molecule has 1 aliphatic heterocycles. The average molecular weight is 291 g/mol. The van der Waals surface area contributed by atoms with Gasteiger partial charge in [0.2, 0.25) is 0 Å². The van der Waals surface area contributed by atoms with Crippen LogP contribution in [0.4, 0.5) is 14.6 Å². The summed E-state index contributed by atoms with van der Waals surface area (Å²) >= 11 is 0. The Hall–Kier alpha value is -1.91. The zero-order valence-corrected chi connectivity index (χ0v) is 12.4. The molecular weight excluding hydrogens is 272 g/mol. The molecule has 3 nitrogen and oxygen atoms in total. The normalized spacial score (nSPS) is 21.2. The number of halogens is 2. The molecule has 1 aliphatic rings. The van der Waals surface area contributed by atoms with E-state index in [4.69, 9.17) is 0 Å². The molecule has 1 aromatic carbocycles. The number of aryl methyl sites for hydroxylation is 3. The standard InChI is InChI=1S/C16H19F2N3/c1-9-4-5-12(6-10(9)2)13-8-14(16(17)18)21-15(19-13)7-11(3)20-21/h4-7,13-14,16,19H,8H2,1-3H3/t13-,14-/m1/s1. The first-order valence-corrected chi connectivity index (χ1v) is 7.13. The van der Waals surface area contributed by atoms with Crippen molar-refractivity contribution in [1.29, 1.82) is 0 Å². The van der Waals surface area contributed by atoms with E-state index in [2.05, 4.69) is 16.5 Å². The highest BCUT2D eigenvalue weighted by molar-refractivity contribution is 5.44. The summed E-state index contributed by atoms with van der Waals surface area (Å²) in [7, 11) is 0. The quantitative estimate of drug-likeness (QED) is 0.900. The van der Waals surface area contributed by atoms with Crippen LogP contribution in [-0.2, 0) is 0 Å². The fraction of sp³-hybridized carbons (Fsp3) is 0.438. The van der Waals surface area contributed by atoms with E-state index in [0.29, 0.717) is 12.2 Å². The van der Waals surface area contributed by atoms with Gasteiger partial charge in [-0.15, -0.1) is 0 Å². The van der Waals surface area contributed by atoms with E-state index in [-0.39, 0.29) is 6.04 Å². The third-order valence-electron chi connectivity index (χ3n) is 4.20. The fourth-order valence-corrected chi connectivity index (χ4v) is 2.87. The molecule has 3 rings (SSSR count). The number of fused-ring (bicyclic) bond motifs is 1. The van der Waals surface area contributed by atoms with E-state index in [1.165, 1.54) is 15.8 Å². The number of anilines is 1. The molecule has 2 aromatic rings. The second-order valence-electron chi connectivity index (χ2n) is 5.79. The highest BCUT2D eigenvalue weighted by Crippen LogP contribution is 2.38. The van der Waals surface area contributed by atoms with Crippen molar-refractivity contribution < 1.29 is 8.78 Å². The Kier molecular flexibility index (Phi) is 3.43. The highest BCUT2D eigenvalue weighted by Gasteiger charge is 2.34. The first kappa shape index (κ1) is 14.0. The number of rotatable bonds is 2. The van der Waals surface area contributed by atoms with E-state index in [1.807, 2.05) is 39.0 Å². The van der Waals surface area contributed by atoms with E-state index in [1.54, 1.807) is 0 Å². The van der Waals surface area contributed by atoms with Gasteiger partial charge in [-0.05, 0) is 43.9 Å². The van der Waals surface area contributed by atoms with Gasteiger partial charge in [0, 0.05) is 6.07 Å². The summed E-state index contributed by atoms with van der Waals surface area (Å²) in [6.45, 7) is 5.91. The number of nitrogens with one attached hydrogen (secondary N) is 1. The Morgan fingerprint density at radius 3 is 2.62 bits per heavy atom. The number of hydrogen-bond donors (Lipinski definition) is 1. The summed E-state index contributed by atoms with van der Waals surface area (Å²) in [6, 6.07) is 6.98. The van der Waals surface area contributed by atoms with Crippen LogP contribution in [0.3, 0.4) is 0 Å². The molecule has 112 valence electrons. The van der Waals surface area contributed by atoms with Gasteiger partial charge in [-0.1, -0.05) is 18.2 Å². The van der Waals surface area contributed by atoms with Gasteiger partial charge in [-0.25, -0.2) is 13.5 Å². The smallest absolute Gasteiger partial charge is 0.260 e. The second-order valence-corrected chi connectivity index (χ2v) is 5.79. The molecule has 5 heteroatoms. The molecule has 1 N–H and O–H groups in total. The number of hydrogen-bond acceptors (Lipinski definition) is 2. The first-order chi connectivity index (χ1) is 9.95. The Balaban J connectivity index is 1.97. The molecule has 0 saturated heterocycles. The summed E-state index contributed by atoms with van der Waals surface area (Å²) in [5.74, 6) is 0.673. The Labute approximate surface area is 123 Å². The van der Waals surface area contributed by atoms with Crippen molar-refractivity contribution in [2.75, 3.05) is 5.32 Å². The molecular formula is C16H19F2N3. The average Bonchev–Trinajstić information content (AvgIpc) is 2.80. The lowest BCUT2D eigenvalue weighted by Gasteiger charge is -2.32. The molecule has 21 heavy (non-hydrogen) atoms. The summed E-state index contributed by atoms with van der Waals surface area (Å²) in [5.41, 5.74) is 4.19. The van der Waals surface area contributed by atoms with Crippen LogP contribution in [0.5, 0.6) is 0 Å². The second kappa shape index (κ2) is 5.13. The zero-order chi connectivity index (χ0) is 15.1. The van der Waals surface area contributed by atoms with Gasteiger partial charge in [0.05, 0.1) is 11.7 Å². The first-order valence-electron chi connectivity index (χ1n) is 7.13. The predicted octanol–water partition coefficient (Wildman–Crippen LogP) is 4.17. The Bertz CT molecular complexity index is 664. The molecule has 0 saturated carbocycles. The fourth-order valence-electron chi connectivity index (χ4n) is 2.87. The van der Waals surface area contributed by atoms with E-state index >= 15 is 0 Å². The summed E-state index contributed by atoms with van der Waals surface area (Å²) in [4.78, 5) is 0. The minimum absolute atomic E-state index is 0.105. The Morgan fingerprint density at radius 2 is 1.95 bits per heavy atom. The maximum Gasteiger partial charge on any atom is 0.260 e. The van der Waals surface area contributed by atoms with E-state index < -0.39 is 12.5 Å². The number of aromatic nitrogens is 2. The van der Waals surface area contributed by atoms with Crippen LogP contribution in [-0.4, -0.2) is 16.2 Å². The van der Waals surface area contributed by atoms with Crippen LogP contribution in [0.1, 0.15) is 40.9 Å². The zero-order valence-electron chi connectivity index (χ0n) is 12.4. The lowest BCUT2D eigenvalue weighted by molar-refractivity contribution is 0.0657. The van der Waals surface area contributed by atoms with Crippen molar-refractivity contribution in [3.05, 3.63) is 46.6 Å². The van der Waals surface area contributed by atoms with Crippen LogP contribution in [0.2, 0.25) is 0 Å². The largest absolute Gasteiger partial charge is 0.363 e. The van der Waals surface area contributed by atoms with Gasteiger partial charge in [0.1, 0.15) is 11.9 Å². The van der Waals surface area contributed by atoms with Crippen molar-refractivity contribution >= 4 is 5.82 Å². The third kappa shape index (κ3) is 2.52. The molecule has 0 unspecified atom stereocenters. The minimum Gasteiger partial charge on any atom is -0.363 e. The predicted molar refractivity (Wildman–Crippen MR) is 78.9 cm³/mol. The van der Waals surface area contributed by atoms with Crippen molar-refractivity contribution in [2.24, 2.45) is 0 Å². The van der Waals surface area contributed by atoms with Gasteiger partial charge >= 0.3 is 0 Å². The molecule has 0 aliphatic carbocycles. The maximum atomic E-state index is 13.4. The number of alkyl halides is 2. The molecule has 2 atom stereocenters. The van der Waals surface area contributed by atoms with Gasteiger partial charge in [-0.3, -0.25) is 0 Å². The monoisotopic (exact) mass is 291 g/mol. The maximum absolute atomic E-state index is 13.4. The molecule has 1 aromatic heterocycles. The minimum atomic E-state index is -2.42. The summed E-state index contributed by atoms with van der Waals surface area (Å²) in [6.07, 6.45) is -2.08. The van der Waals surface area contributed by atoms with E-state index in [9.17, 15) is 8.78 Å². The molecule has 2 heterocycles. The van der Waals surface area contributed by atoms with Crippen LogP contribution in [0.25, 0.3) is 0 Å². The van der Waals surface area contributed by atoms with Gasteiger partial charge < -0.3 is 5.32 Å². The molecule has 0 spiro atoms. The van der Waals surface area contributed by atoms with E-state index in [0.717, 1.165) is 11.3 Å². The lowest BCUT2D eigenvalue weighted by atomic mass is 9.95. The number of nitrogens with zero attached hydrogens (tertiary/aromatic N) is 2. The van der Waals surface area contributed by atoms with Crippen molar-refractivity contribution in [1.82, 2.24) is 9.78 Å². The molecule has 0 fully saturated rings. The summed E-state index contributed by atoms with van der Waals surface area (Å²) in [5, 5.41) is 7.52. The highest BCUT2D eigenvalue weighted by atomic mass is 19.3. The van der Waals surface area contributed by atoms with Crippen LogP contribution >= 0.6 is 0 Å². The molecule has 0 bridgehead atoms. The van der Waals surface area contributed by atoms with Crippen LogP contribution in [0.15, 0.2) is 24.3 Å². The topological polar surface area (TPSA) is 29.9 Å². The van der Waals surface area contributed by atoms with Gasteiger partial charge in [0.15, 0.2) is 0 Å². The van der Waals surface area contributed by atoms with Crippen LogP contribution in [0, 0.1) is 20.8 Å². The summed E-state index contributed by atoms with van der Waals surface area (Å²) < 4.78 is 28.1. The third-order valence-corrected chi connectivity index (χ3v) is 4.20. The molecule has 0 radical (unpaired) electrons.